The topological polar surface area (TPSA) is 81.8 Å². The molecule has 8 heteroatoms. The van der Waals surface area contributed by atoms with E-state index in [9.17, 15) is 14.0 Å². The molecule has 0 saturated carbocycles. The number of nitrogens with zero attached hydrogens (tertiary/aromatic N) is 4. The van der Waals surface area contributed by atoms with Crippen LogP contribution in [-0.2, 0) is 17.8 Å². The fourth-order valence-electron chi connectivity index (χ4n) is 3.13. The van der Waals surface area contributed by atoms with Gasteiger partial charge in [-0.2, -0.15) is 5.10 Å². The van der Waals surface area contributed by atoms with E-state index in [2.05, 4.69) is 15.4 Å². The van der Waals surface area contributed by atoms with Gasteiger partial charge in [-0.25, -0.2) is 14.1 Å². The van der Waals surface area contributed by atoms with E-state index in [-0.39, 0.29) is 29.2 Å². The lowest BCUT2D eigenvalue weighted by molar-refractivity contribution is -0.116. The second-order valence-electron chi connectivity index (χ2n) is 6.51. The van der Waals surface area contributed by atoms with Crippen molar-refractivity contribution in [3.8, 4) is 5.69 Å². The summed E-state index contributed by atoms with van der Waals surface area (Å²) >= 11 is 0. The minimum absolute atomic E-state index is 0.165. The Morgan fingerprint density at radius 2 is 1.90 bits per heavy atom. The molecule has 29 heavy (non-hydrogen) atoms. The first kappa shape index (κ1) is 18.5. The molecule has 7 nitrogen and oxygen atoms in total. The highest BCUT2D eigenvalue weighted by Crippen LogP contribution is 2.16. The maximum Gasteiger partial charge on any atom is 0.264 e. The molecule has 0 saturated heterocycles. The maximum atomic E-state index is 13.1. The standard InChI is InChI=1S/C21H18FN5O2/c1-2-14-5-3-4-6-18(14)25-19(28)12-26-13-23-20-17(21(26)29)11-24-27(20)16-9-7-15(22)8-10-16/h3-11,13H,2,12H2,1H3,(H,25,28). The van der Waals surface area contributed by atoms with Crippen LogP contribution in [-0.4, -0.2) is 25.2 Å². The van der Waals surface area contributed by atoms with E-state index >= 15 is 0 Å². The number of aryl methyl sites for hydroxylation is 1. The molecule has 0 radical (unpaired) electrons. The summed E-state index contributed by atoms with van der Waals surface area (Å²) in [5.41, 5.74) is 2.30. The van der Waals surface area contributed by atoms with Crippen LogP contribution < -0.4 is 10.9 Å². The highest BCUT2D eigenvalue weighted by Gasteiger charge is 2.14. The summed E-state index contributed by atoms with van der Waals surface area (Å²) in [6.07, 6.45) is 3.50. The first-order valence-corrected chi connectivity index (χ1v) is 9.13. The number of carbonyl (C=O) groups is 1. The normalized spacial score (nSPS) is 11.0. The van der Waals surface area contributed by atoms with Gasteiger partial charge in [-0.1, -0.05) is 25.1 Å². The molecule has 1 amide bonds. The van der Waals surface area contributed by atoms with Crippen LogP contribution >= 0.6 is 0 Å². The minimum Gasteiger partial charge on any atom is -0.324 e. The van der Waals surface area contributed by atoms with Crippen LogP contribution in [0.15, 0.2) is 65.8 Å². The maximum absolute atomic E-state index is 13.1. The van der Waals surface area contributed by atoms with E-state index in [1.165, 1.54) is 33.9 Å². The van der Waals surface area contributed by atoms with E-state index in [1.54, 1.807) is 12.1 Å². The van der Waals surface area contributed by atoms with Crippen molar-refractivity contribution in [1.29, 1.82) is 0 Å². The van der Waals surface area contributed by atoms with E-state index < -0.39 is 0 Å². The van der Waals surface area contributed by atoms with Crippen LogP contribution in [0.2, 0.25) is 0 Å². The quantitative estimate of drug-likeness (QED) is 0.567. The van der Waals surface area contributed by atoms with Crippen LogP contribution in [0.5, 0.6) is 0 Å². The molecule has 4 rings (SSSR count). The number of rotatable bonds is 5. The third-order valence-corrected chi connectivity index (χ3v) is 4.61. The van der Waals surface area contributed by atoms with Gasteiger partial charge in [0.05, 0.1) is 11.9 Å². The van der Waals surface area contributed by atoms with Gasteiger partial charge in [0, 0.05) is 5.69 Å². The Kier molecular flexibility index (Phi) is 4.90. The number of carbonyl (C=O) groups excluding carboxylic acids is 1. The monoisotopic (exact) mass is 391 g/mol. The van der Waals surface area contributed by atoms with Gasteiger partial charge in [0.25, 0.3) is 5.56 Å². The molecule has 146 valence electrons. The third kappa shape index (κ3) is 3.64. The Morgan fingerprint density at radius 1 is 1.14 bits per heavy atom. The zero-order valence-electron chi connectivity index (χ0n) is 15.7. The number of anilines is 1. The van der Waals surface area contributed by atoms with Gasteiger partial charge in [-0.05, 0) is 42.3 Å². The zero-order chi connectivity index (χ0) is 20.4. The molecule has 0 aliphatic heterocycles. The molecular weight excluding hydrogens is 373 g/mol. The van der Waals surface area contributed by atoms with Crippen LogP contribution in [0.1, 0.15) is 12.5 Å². The van der Waals surface area contributed by atoms with Crippen LogP contribution in [0.4, 0.5) is 10.1 Å². The van der Waals surface area contributed by atoms with Crippen molar-refractivity contribution in [2.45, 2.75) is 19.9 Å². The third-order valence-electron chi connectivity index (χ3n) is 4.61. The molecule has 2 aromatic heterocycles. The SMILES string of the molecule is CCc1ccccc1NC(=O)Cn1cnc2c(cnn2-c2ccc(F)cc2)c1=O. The van der Waals surface area contributed by atoms with E-state index in [0.29, 0.717) is 11.3 Å². The molecule has 0 fully saturated rings. The molecule has 1 N–H and O–H groups in total. The number of benzene rings is 2. The number of hydrogen-bond acceptors (Lipinski definition) is 4. The number of nitrogens with one attached hydrogen (secondary N) is 1. The summed E-state index contributed by atoms with van der Waals surface area (Å²) in [5, 5.41) is 7.30. The summed E-state index contributed by atoms with van der Waals surface area (Å²) < 4.78 is 15.8. The van der Waals surface area contributed by atoms with E-state index in [0.717, 1.165) is 17.7 Å². The fourth-order valence-corrected chi connectivity index (χ4v) is 3.13. The van der Waals surface area contributed by atoms with Gasteiger partial charge >= 0.3 is 0 Å². The molecule has 0 bridgehead atoms. The van der Waals surface area contributed by atoms with Crippen molar-refractivity contribution in [1.82, 2.24) is 19.3 Å². The predicted molar refractivity (Wildman–Crippen MR) is 108 cm³/mol. The lowest BCUT2D eigenvalue weighted by Gasteiger charge is -2.10. The van der Waals surface area contributed by atoms with Crippen molar-refractivity contribution in [3.63, 3.8) is 0 Å². The van der Waals surface area contributed by atoms with Gasteiger partial charge < -0.3 is 5.32 Å². The van der Waals surface area contributed by atoms with Gasteiger partial charge in [-0.3, -0.25) is 14.2 Å². The molecule has 2 heterocycles. The van der Waals surface area contributed by atoms with Gasteiger partial charge in [0.1, 0.15) is 24.1 Å². The summed E-state index contributed by atoms with van der Waals surface area (Å²) in [6, 6.07) is 13.2. The smallest absolute Gasteiger partial charge is 0.264 e. The molecule has 0 unspecified atom stereocenters. The molecule has 0 spiro atoms. The first-order valence-electron chi connectivity index (χ1n) is 9.13. The Balaban J connectivity index is 1.60. The molecule has 0 aliphatic carbocycles. The van der Waals surface area contributed by atoms with Crippen molar-refractivity contribution in [2.75, 3.05) is 5.32 Å². The number of halogens is 1. The van der Waals surface area contributed by atoms with Crippen LogP contribution in [0, 0.1) is 5.82 Å². The van der Waals surface area contributed by atoms with Gasteiger partial charge in [0.15, 0.2) is 5.65 Å². The lowest BCUT2D eigenvalue weighted by atomic mass is 10.1. The number of amides is 1. The molecular formula is C21H18FN5O2. The molecule has 2 aromatic carbocycles. The van der Waals surface area contributed by atoms with Crippen molar-refractivity contribution in [2.24, 2.45) is 0 Å². The average Bonchev–Trinajstić information content (AvgIpc) is 3.16. The van der Waals surface area contributed by atoms with E-state index in [4.69, 9.17) is 0 Å². The summed E-state index contributed by atoms with van der Waals surface area (Å²) in [5.74, 6) is -0.684. The average molecular weight is 391 g/mol. The number of para-hydroxylation sites is 1. The van der Waals surface area contributed by atoms with Crippen molar-refractivity contribution < 1.29 is 9.18 Å². The predicted octanol–water partition coefficient (Wildman–Crippen LogP) is 2.92. The highest BCUT2D eigenvalue weighted by atomic mass is 19.1. The Labute approximate surface area is 165 Å². The first-order chi connectivity index (χ1) is 14.1. The lowest BCUT2D eigenvalue weighted by Crippen LogP contribution is -2.28. The Morgan fingerprint density at radius 3 is 2.66 bits per heavy atom. The van der Waals surface area contributed by atoms with E-state index in [1.807, 2.05) is 31.2 Å². The summed E-state index contributed by atoms with van der Waals surface area (Å²) in [6.45, 7) is 1.84. The largest absolute Gasteiger partial charge is 0.324 e. The number of fused-ring (bicyclic) bond motifs is 1. The van der Waals surface area contributed by atoms with Gasteiger partial charge in [0.2, 0.25) is 5.91 Å². The molecule has 4 aromatic rings. The molecule has 0 aliphatic rings. The second-order valence-corrected chi connectivity index (χ2v) is 6.51. The second kappa shape index (κ2) is 7.67. The summed E-state index contributed by atoms with van der Waals surface area (Å²) in [7, 11) is 0. The van der Waals surface area contributed by atoms with Gasteiger partial charge in [-0.15, -0.1) is 0 Å². The highest BCUT2D eigenvalue weighted by molar-refractivity contribution is 5.91. The van der Waals surface area contributed by atoms with Crippen LogP contribution in [0.25, 0.3) is 16.7 Å². The minimum atomic E-state index is -0.373. The van der Waals surface area contributed by atoms with Crippen molar-refractivity contribution in [3.05, 3.63) is 82.8 Å². The number of aromatic nitrogens is 4. The Hall–Kier alpha value is -3.81. The number of hydrogen-bond donors (Lipinski definition) is 1. The fraction of sp³-hybridized carbons (Fsp3) is 0.143. The summed E-state index contributed by atoms with van der Waals surface area (Å²) in [4.78, 5) is 29.5. The van der Waals surface area contributed by atoms with Crippen molar-refractivity contribution >= 4 is 22.6 Å². The Bertz CT molecular complexity index is 1240. The van der Waals surface area contributed by atoms with Crippen LogP contribution in [0.3, 0.4) is 0 Å². The zero-order valence-corrected chi connectivity index (χ0v) is 15.7. The molecule has 0 atom stereocenters.